The lowest BCUT2D eigenvalue weighted by Gasteiger charge is -2.09. The summed E-state index contributed by atoms with van der Waals surface area (Å²) in [6, 6.07) is 10.9. The summed E-state index contributed by atoms with van der Waals surface area (Å²) in [7, 11) is 0. The van der Waals surface area contributed by atoms with Crippen LogP contribution in [0.3, 0.4) is 0 Å². The topological polar surface area (TPSA) is 37.3 Å². The van der Waals surface area contributed by atoms with Gasteiger partial charge in [0.1, 0.15) is 0 Å². The number of aromatic nitrogens is 1. The van der Waals surface area contributed by atoms with E-state index >= 15 is 0 Å². The number of benzene rings is 1. The van der Waals surface area contributed by atoms with Crippen molar-refractivity contribution in [2.45, 2.75) is 19.4 Å². The predicted octanol–water partition coefficient (Wildman–Crippen LogP) is 3.43. The zero-order valence-corrected chi connectivity index (χ0v) is 13.0. The molecule has 0 saturated carbocycles. The van der Waals surface area contributed by atoms with Crippen molar-refractivity contribution >= 4 is 28.3 Å². The Kier molecular flexibility index (Phi) is 4.38. The second-order valence-corrected chi connectivity index (χ2v) is 6.69. The molecular weight excluding hydrogens is 286 g/mol. The summed E-state index contributed by atoms with van der Waals surface area (Å²) >= 11 is 3.53. The van der Waals surface area contributed by atoms with Gasteiger partial charge >= 0.3 is 0 Å². The molecule has 1 aliphatic rings. The molecule has 0 amide bonds. The maximum absolute atomic E-state index is 4.64. The van der Waals surface area contributed by atoms with Gasteiger partial charge in [-0.1, -0.05) is 42.1 Å². The Labute approximate surface area is 127 Å². The van der Waals surface area contributed by atoms with Crippen LogP contribution in [0, 0.1) is 6.92 Å². The molecule has 0 bridgehead atoms. The van der Waals surface area contributed by atoms with E-state index in [9.17, 15) is 0 Å². The average Bonchev–Trinajstić information content (AvgIpc) is 3.09. The number of hydrogen-bond donors (Lipinski definition) is 1. The standard InChI is InChI=1S/C15H17N3S2/c1-11-9-19-14(17-11)7-8-16-15-18-13(10-20-15)12-5-3-2-4-6-12/h2-6,9,13H,7-8,10H2,1H3,(H,16,18). The Balaban J connectivity index is 1.53. The minimum absolute atomic E-state index is 0.391. The summed E-state index contributed by atoms with van der Waals surface area (Å²) in [5.41, 5.74) is 2.44. The van der Waals surface area contributed by atoms with Crippen LogP contribution in [0.15, 0.2) is 40.7 Å². The molecule has 1 N–H and O–H groups in total. The van der Waals surface area contributed by atoms with E-state index in [1.165, 1.54) is 10.6 Å². The maximum Gasteiger partial charge on any atom is 0.157 e. The van der Waals surface area contributed by atoms with Gasteiger partial charge in [-0.05, 0) is 12.5 Å². The Morgan fingerprint density at radius 3 is 2.95 bits per heavy atom. The zero-order chi connectivity index (χ0) is 13.8. The number of rotatable bonds is 4. The Morgan fingerprint density at radius 2 is 2.20 bits per heavy atom. The molecule has 104 valence electrons. The highest BCUT2D eigenvalue weighted by atomic mass is 32.2. The smallest absolute Gasteiger partial charge is 0.157 e. The van der Waals surface area contributed by atoms with Gasteiger partial charge in [-0.2, -0.15) is 0 Å². The summed E-state index contributed by atoms with van der Waals surface area (Å²) < 4.78 is 0. The summed E-state index contributed by atoms with van der Waals surface area (Å²) in [4.78, 5) is 9.10. The highest BCUT2D eigenvalue weighted by Gasteiger charge is 2.21. The van der Waals surface area contributed by atoms with Crippen LogP contribution < -0.4 is 5.32 Å². The number of aryl methyl sites for hydroxylation is 1. The third-order valence-corrected chi connectivity index (χ3v) is 5.18. The molecule has 3 nitrogen and oxygen atoms in total. The minimum Gasteiger partial charge on any atom is -0.357 e. The van der Waals surface area contributed by atoms with Crippen molar-refractivity contribution in [2.75, 3.05) is 12.3 Å². The van der Waals surface area contributed by atoms with Gasteiger partial charge in [0.05, 0.1) is 11.0 Å². The molecule has 0 spiro atoms. The molecule has 2 aromatic rings. The Bertz CT molecular complexity index is 592. The van der Waals surface area contributed by atoms with Crippen LogP contribution in [0.4, 0.5) is 0 Å². The molecule has 1 atom stereocenters. The first-order valence-electron chi connectivity index (χ1n) is 6.71. The second kappa shape index (κ2) is 6.41. The van der Waals surface area contributed by atoms with Crippen LogP contribution in [-0.2, 0) is 6.42 Å². The molecule has 5 heteroatoms. The fourth-order valence-electron chi connectivity index (χ4n) is 2.12. The monoisotopic (exact) mass is 303 g/mol. The molecule has 3 rings (SSSR count). The highest BCUT2D eigenvalue weighted by molar-refractivity contribution is 8.14. The third kappa shape index (κ3) is 3.41. The number of nitrogens with one attached hydrogen (secondary N) is 1. The molecule has 20 heavy (non-hydrogen) atoms. The molecular formula is C15H17N3S2. The number of aliphatic imine (C=N–C) groups is 1. The summed E-state index contributed by atoms with van der Waals surface area (Å²) in [6.45, 7) is 2.84. The molecule has 1 saturated heterocycles. The Hall–Kier alpha value is -1.33. The average molecular weight is 303 g/mol. The normalized spacial score (nSPS) is 20.2. The van der Waals surface area contributed by atoms with Crippen LogP contribution in [-0.4, -0.2) is 22.4 Å². The largest absolute Gasteiger partial charge is 0.357 e. The molecule has 0 radical (unpaired) electrons. The van der Waals surface area contributed by atoms with Crippen LogP contribution in [0.2, 0.25) is 0 Å². The number of thiazole rings is 1. The number of nitrogens with zero attached hydrogens (tertiary/aromatic N) is 2. The maximum atomic E-state index is 4.64. The molecule has 1 aromatic heterocycles. The van der Waals surface area contributed by atoms with Gasteiger partial charge in [0.25, 0.3) is 0 Å². The van der Waals surface area contributed by atoms with Crippen molar-refractivity contribution in [1.82, 2.24) is 10.3 Å². The first-order valence-corrected chi connectivity index (χ1v) is 8.57. The predicted molar refractivity (Wildman–Crippen MR) is 87.6 cm³/mol. The SMILES string of the molecule is Cc1csc(CCN=C2NC(c3ccccc3)CS2)n1. The summed E-state index contributed by atoms with van der Waals surface area (Å²) in [6.07, 6.45) is 0.931. The lowest BCUT2D eigenvalue weighted by Crippen LogP contribution is -2.19. The van der Waals surface area contributed by atoms with Crippen molar-refractivity contribution in [3.8, 4) is 0 Å². The van der Waals surface area contributed by atoms with Crippen LogP contribution in [0.5, 0.6) is 0 Å². The first kappa shape index (κ1) is 13.6. The molecule has 1 aromatic carbocycles. The third-order valence-electron chi connectivity index (χ3n) is 3.13. The Morgan fingerprint density at radius 1 is 1.35 bits per heavy atom. The van der Waals surface area contributed by atoms with Crippen molar-refractivity contribution in [2.24, 2.45) is 4.99 Å². The van der Waals surface area contributed by atoms with Gasteiger partial charge in [0, 0.05) is 29.8 Å². The van der Waals surface area contributed by atoms with Crippen LogP contribution >= 0.6 is 23.1 Å². The number of hydrogen-bond acceptors (Lipinski definition) is 4. The molecule has 1 fully saturated rings. The van der Waals surface area contributed by atoms with E-state index in [1.54, 1.807) is 11.3 Å². The van der Waals surface area contributed by atoms with E-state index in [0.29, 0.717) is 6.04 Å². The van der Waals surface area contributed by atoms with Crippen molar-refractivity contribution in [3.05, 3.63) is 52.0 Å². The van der Waals surface area contributed by atoms with Gasteiger partial charge in [0.15, 0.2) is 5.17 Å². The highest BCUT2D eigenvalue weighted by Crippen LogP contribution is 2.25. The number of amidine groups is 1. The lowest BCUT2D eigenvalue weighted by molar-refractivity contribution is 0.748. The summed E-state index contributed by atoms with van der Waals surface area (Å²) in [5, 5.41) is 7.83. The van der Waals surface area contributed by atoms with Gasteiger partial charge in [-0.15, -0.1) is 11.3 Å². The fourth-order valence-corrected chi connectivity index (χ4v) is 3.90. The van der Waals surface area contributed by atoms with Crippen molar-refractivity contribution in [1.29, 1.82) is 0 Å². The van der Waals surface area contributed by atoms with Gasteiger partial charge < -0.3 is 5.32 Å². The van der Waals surface area contributed by atoms with Crippen molar-refractivity contribution < 1.29 is 0 Å². The fraction of sp³-hybridized carbons (Fsp3) is 0.333. The summed E-state index contributed by atoms with van der Waals surface area (Å²) in [5.74, 6) is 1.05. The van der Waals surface area contributed by atoms with Gasteiger partial charge in [-0.3, -0.25) is 4.99 Å². The van der Waals surface area contributed by atoms with Crippen LogP contribution in [0.25, 0.3) is 0 Å². The van der Waals surface area contributed by atoms with Gasteiger partial charge in [0.2, 0.25) is 0 Å². The van der Waals surface area contributed by atoms with Crippen molar-refractivity contribution in [3.63, 3.8) is 0 Å². The quantitative estimate of drug-likeness (QED) is 0.940. The van der Waals surface area contributed by atoms with Gasteiger partial charge in [-0.25, -0.2) is 4.98 Å². The van der Waals surface area contributed by atoms with E-state index in [1.807, 2.05) is 18.7 Å². The second-order valence-electron chi connectivity index (χ2n) is 4.74. The lowest BCUT2D eigenvalue weighted by atomic mass is 10.1. The molecule has 1 aliphatic heterocycles. The van der Waals surface area contributed by atoms with E-state index in [-0.39, 0.29) is 0 Å². The molecule has 0 aliphatic carbocycles. The zero-order valence-electron chi connectivity index (χ0n) is 11.4. The minimum atomic E-state index is 0.391. The van der Waals surface area contributed by atoms with Crippen LogP contribution in [0.1, 0.15) is 22.3 Å². The van der Waals surface area contributed by atoms with E-state index in [0.717, 1.165) is 29.6 Å². The first-order chi connectivity index (χ1) is 9.81. The molecule has 2 heterocycles. The molecule has 1 unspecified atom stereocenters. The van der Waals surface area contributed by atoms with E-state index < -0.39 is 0 Å². The van der Waals surface area contributed by atoms with E-state index in [4.69, 9.17) is 0 Å². The number of thioether (sulfide) groups is 1. The van der Waals surface area contributed by atoms with E-state index in [2.05, 4.69) is 51.0 Å².